The highest BCUT2D eigenvalue weighted by Gasteiger charge is 2.54. The van der Waals surface area contributed by atoms with Crippen LogP contribution in [-0.4, -0.2) is 67.8 Å². The Kier molecular flexibility index (Phi) is 5.91. The Bertz CT molecular complexity index is 876. The average molecular weight is 399 g/mol. The van der Waals surface area contributed by atoms with Crippen molar-refractivity contribution in [3.63, 3.8) is 0 Å². The Morgan fingerprint density at radius 1 is 1.21 bits per heavy atom. The van der Waals surface area contributed by atoms with Crippen molar-refractivity contribution in [2.45, 2.75) is 24.9 Å². The van der Waals surface area contributed by atoms with Gasteiger partial charge in [-0.15, -0.1) is 0 Å². The number of imide groups is 1. The van der Waals surface area contributed by atoms with Crippen molar-refractivity contribution in [3.8, 4) is 0 Å². The van der Waals surface area contributed by atoms with Gasteiger partial charge in [0.05, 0.1) is 12.5 Å². The lowest BCUT2D eigenvalue weighted by Gasteiger charge is -2.42. The fourth-order valence-corrected chi connectivity index (χ4v) is 3.71. The van der Waals surface area contributed by atoms with E-state index >= 15 is 0 Å². The number of amides is 4. The molecule has 0 aliphatic carbocycles. The highest BCUT2D eigenvalue weighted by molar-refractivity contribution is 6.07. The Hall–Kier alpha value is -3.69. The number of aromatic nitrogens is 2. The van der Waals surface area contributed by atoms with E-state index in [1.807, 2.05) is 30.3 Å². The van der Waals surface area contributed by atoms with Crippen LogP contribution < -0.4 is 5.32 Å². The number of likely N-dealkylation sites (tertiary alicyclic amines) is 1. The summed E-state index contributed by atoms with van der Waals surface area (Å²) in [6.45, 7) is 0.931. The predicted octanol–water partition coefficient (Wildman–Crippen LogP) is 0.837. The van der Waals surface area contributed by atoms with Gasteiger partial charge in [0.15, 0.2) is 0 Å². The third-order valence-electron chi connectivity index (χ3n) is 5.19. The van der Waals surface area contributed by atoms with Crippen LogP contribution in [0.15, 0.2) is 42.9 Å². The highest BCUT2D eigenvalue weighted by Crippen LogP contribution is 2.34. The van der Waals surface area contributed by atoms with Crippen LogP contribution >= 0.6 is 0 Å². The van der Waals surface area contributed by atoms with E-state index in [1.54, 1.807) is 9.80 Å². The van der Waals surface area contributed by atoms with Crippen LogP contribution in [0, 0.1) is 0 Å². The Morgan fingerprint density at radius 2 is 1.86 bits per heavy atom. The lowest BCUT2D eigenvalue weighted by atomic mass is 9.85. The summed E-state index contributed by atoms with van der Waals surface area (Å²) in [5, 5.41) is 9.34. The Morgan fingerprint density at radius 3 is 2.45 bits per heavy atom. The van der Waals surface area contributed by atoms with Crippen molar-refractivity contribution in [2.24, 2.45) is 0 Å². The van der Waals surface area contributed by atoms with Crippen molar-refractivity contribution in [3.05, 3.63) is 54.1 Å². The molecule has 152 valence electrons. The number of benzene rings is 1. The van der Waals surface area contributed by atoms with E-state index in [4.69, 9.17) is 9.90 Å². The summed E-state index contributed by atoms with van der Waals surface area (Å²) in [5.41, 5.74) is 0.499. The summed E-state index contributed by atoms with van der Waals surface area (Å²) < 4.78 is 0. The normalized spacial score (nSPS) is 17.5. The lowest BCUT2D eigenvalue weighted by Crippen LogP contribution is -2.57. The number of piperidine rings is 1. The SMILES string of the molecule is O=C(c1cnc[nH]1)N1CCC2(CC1)C(=O)NC(=O)N2Cc1ccccc1.O=CO. The third-order valence-corrected chi connectivity index (χ3v) is 5.19. The zero-order valence-electron chi connectivity index (χ0n) is 15.6. The molecule has 3 N–H and O–H groups in total. The second kappa shape index (κ2) is 8.55. The summed E-state index contributed by atoms with van der Waals surface area (Å²) in [4.78, 5) is 55.7. The number of nitrogens with zero attached hydrogens (tertiary/aromatic N) is 3. The van der Waals surface area contributed by atoms with Crippen molar-refractivity contribution in [2.75, 3.05) is 13.1 Å². The number of nitrogens with one attached hydrogen (secondary N) is 2. The van der Waals surface area contributed by atoms with Crippen LogP contribution in [-0.2, 0) is 16.1 Å². The molecule has 2 aliphatic heterocycles. The Labute approximate surface area is 166 Å². The largest absolute Gasteiger partial charge is 0.483 e. The zero-order valence-corrected chi connectivity index (χ0v) is 15.6. The predicted molar refractivity (Wildman–Crippen MR) is 101 cm³/mol. The molecule has 0 bridgehead atoms. The number of hydrogen-bond acceptors (Lipinski definition) is 5. The molecule has 2 aromatic rings. The van der Waals surface area contributed by atoms with Gasteiger partial charge in [-0.2, -0.15) is 0 Å². The van der Waals surface area contributed by atoms with E-state index in [0.29, 0.717) is 38.2 Å². The van der Waals surface area contributed by atoms with Crippen LogP contribution in [0.3, 0.4) is 0 Å². The first kappa shape index (κ1) is 20.1. The zero-order chi connectivity index (χ0) is 20.9. The third kappa shape index (κ3) is 3.96. The lowest BCUT2D eigenvalue weighted by molar-refractivity contribution is -0.129. The van der Waals surface area contributed by atoms with Crippen molar-refractivity contribution >= 4 is 24.3 Å². The number of carboxylic acid groups (broad SMARTS) is 1. The number of hydrogen-bond donors (Lipinski definition) is 3. The molecule has 10 heteroatoms. The van der Waals surface area contributed by atoms with Gasteiger partial charge in [0.1, 0.15) is 11.2 Å². The maximum absolute atomic E-state index is 12.6. The fourth-order valence-electron chi connectivity index (χ4n) is 3.71. The second-order valence-corrected chi connectivity index (χ2v) is 6.73. The van der Waals surface area contributed by atoms with Crippen LogP contribution in [0.2, 0.25) is 0 Å². The van der Waals surface area contributed by atoms with E-state index in [2.05, 4.69) is 15.3 Å². The molecule has 0 atom stereocenters. The second-order valence-electron chi connectivity index (χ2n) is 6.73. The first-order valence-electron chi connectivity index (χ1n) is 9.04. The monoisotopic (exact) mass is 399 g/mol. The highest BCUT2D eigenvalue weighted by atomic mass is 16.3. The molecule has 1 aromatic carbocycles. The fraction of sp³-hybridized carbons (Fsp3) is 0.316. The van der Waals surface area contributed by atoms with Gasteiger partial charge >= 0.3 is 6.03 Å². The van der Waals surface area contributed by atoms with E-state index in [1.165, 1.54) is 12.5 Å². The van der Waals surface area contributed by atoms with Gasteiger partial charge in [-0.05, 0) is 18.4 Å². The number of carbonyl (C=O) groups is 4. The summed E-state index contributed by atoms with van der Waals surface area (Å²) in [5.74, 6) is -0.413. The van der Waals surface area contributed by atoms with Gasteiger partial charge in [-0.25, -0.2) is 9.78 Å². The number of carbonyl (C=O) groups excluding carboxylic acids is 3. The molecular formula is C19H21N5O5. The quantitative estimate of drug-likeness (QED) is 0.517. The maximum Gasteiger partial charge on any atom is 0.325 e. The van der Waals surface area contributed by atoms with Gasteiger partial charge in [-0.3, -0.25) is 19.7 Å². The standard InChI is InChI=1S/C18H19N5O3.CH2O2/c24-15(14-10-19-12-20-14)22-8-6-18(7-9-22)16(25)21-17(26)23(18)11-13-4-2-1-3-5-13;2-1-3/h1-5,10,12H,6-9,11H2,(H,19,20)(H,21,25,26);1H,(H,2,3). The van der Waals surface area contributed by atoms with Gasteiger partial charge in [0.2, 0.25) is 0 Å². The summed E-state index contributed by atoms with van der Waals surface area (Å²) >= 11 is 0. The van der Waals surface area contributed by atoms with Gasteiger partial charge in [0.25, 0.3) is 18.3 Å². The molecule has 10 nitrogen and oxygen atoms in total. The first-order valence-corrected chi connectivity index (χ1v) is 9.04. The van der Waals surface area contributed by atoms with Crippen LogP contribution in [0.5, 0.6) is 0 Å². The first-order chi connectivity index (χ1) is 14.0. The van der Waals surface area contributed by atoms with Crippen molar-refractivity contribution in [1.29, 1.82) is 0 Å². The van der Waals surface area contributed by atoms with Crippen LogP contribution in [0.4, 0.5) is 4.79 Å². The average Bonchev–Trinajstić information content (AvgIpc) is 3.34. The van der Waals surface area contributed by atoms with E-state index in [-0.39, 0.29) is 24.3 Å². The molecule has 4 amide bonds. The molecule has 1 aromatic heterocycles. The topological polar surface area (TPSA) is 136 Å². The van der Waals surface area contributed by atoms with Gasteiger partial charge in [-0.1, -0.05) is 30.3 Å². The molecule has 0 unspecified atom stereocenters. The smallest absolute Gasteiger partial charge is 0.325 e. The summed E-state index contributed by atoms with van der Waals surface area (Å²) in [7, 11) is 0. The van der Waals surface area contributed by atoms with Crippen LogP contribution in [0.25, 0.3) is 0 Å². The molecule has 2 aliphatic rings. The maximum atomic E-state index is 12.6. The van der Waals surface area contributed by atoms with E-state index in [0.717, 1.165) is 5.56 Å². The van der Waals surface area contributed by atoms with Crippen molar-refractivity contribution < 1.29 is 24.3 Å². The number of H-pyrrole nitrogens is 1. The summed E-state index contributed by atoms with van der Waals surface area (Å²) in [6, 6.07) is 9.22. The van der Waals surface area contributed by atoms with Crippen LogP contribution in [0.1, 0.15) is 28.9 Å². The molecule has 2 fully saturated rings. The molecule has 4 rings (SSSR count). The number of aromatic amines is 1. The van der Waals surface area contributed by atoms with Gasteiger partial charge in [0, 0.05) is 19.6 Å². The molecule has 0 radical (unpaired) electrons. The molecule has 29 heavy (non-hydrogen) atoms. The number of urea groups is 1. The van der Waals surface area contributed by atoms with E-state index in [9.17, 15) is 14.4 Å². The van der Waals surface area contributed by atoms with Gasteiger partial charge < -0.3 is 19.9 Å². The summed E-state index contributed by atoms with van der Waals surface area (Å²) in [6.07, 6.45) is 3.78. The minimum Gasteiger partial charge on any atom is -0.483 e. The molecular weight excluding hydrogens is 378 g/mol. The minimum atomic E-state index is -0.891. The molecule has 2 saturated heterocycles. The van der Waals surface area contributed by atoms with Crippen molar-refractivity contribution in [1.82, 2.24) is 25.1 Å². The number of imidazole rings is 1. The molecule has 3 heterocycles. The molecule has 1 spiro atoms. The van der Waals surface area contributed by atoms with E-state index < -0.39 is 5.54 Å². The minimum absolute atomic E-state index is 0.142. The molecule has 0 saturated carbocycles. The number of rotatable bonds is 3. The Balaban J connectivity index is 0.000000755.